The first-order valence-electron chi connectivity index (χ1n) is 5.80. The van der Waals surface area contributed by atoms with Gasteiger partial charge in [-0.05, 0) is 19.4 Å². The Kier molecular flexibility index (Phi) is 3.28. The molecule has 1 aromatic heterocycles. The van der Waals surface area contributed by atoms with Gasteiger partial charge >= 0.3 is 0 Å². The Balaban J connectivity index is 2.27. The van der Waals surface area contributed by atoms with E-state index in [1.807, 2.05) is 11.8 Å². The molecule has 1 fully saturated rings. The number of hydrogen-bond acceptors (Lipinski definition) is 3. The second-order valence-electron chi connectivity index (χ2n) is 4.45. The number of nitrogens with one attached hydrogen (secondary N) is 2. The fraction of sp³-hybridized carbons (Fsp3) is 0.500. The van der Waals surface area contributed by atoms with Crippen LogP contribution in [0.1, 0.15) is 22.8 Å². The van der Waals surface area contributed by atoms with Gasteiger partial charge in [0.25, 0.3) is 5.91 Å². The van der Waals surface area contributed by atoms with Crippen LogP contribution in [0, 0.1) is 6.92 Å². The normalized spacial score (nSPS) is 20.4. The number of carbonyl (C=O) groups excluding carboxylic acids is 1. The fourth-order valence-corrected chi connectivity index (χ4v) is 2.10. The molecule has 1 amide bonds. The second kappa shape index (κ2) is 4.71. The molecule has 17 heavy (non-hydrogen) atoms. The van der Waals surface area contributed by atoms with Crippen LogP contribution in [0.25, 0.3) is 0 Å². The van der Waals surface area contributed by atoms with Gasteiger partial charge < -0.3 is 15.2 Å². The van der Waals surface area contributed by atoms with Crippen LogP contribution in [0.15, 0.2) is 17.1 Å². The largest absolute Gasteiger partial charge is 0.333 e. The molecule has 0 bridgehead atoms. The van der Waals surface area contributed by atoms with Crippen LogP contribution < -0.4 is 10.9 Å². The molecule has 1 aromatic rings. The zero-order valence-corrected chi connectivity index (χ0v) is 10.1. The van der Waals surface area contributed by atoms with E-state index < -0.39 is 0 Å². The summed E-state index contributed by atoms with van der Waals surface area (Å²) in [5.41, 5.74) is 1.13. The van der Waals surface area contributed by atoms with Gasteiger partial charge in [-0.1, -0.05) is 0 Å². The molecule has 0 aromatic carbocycles. The molecule has 1 saturated heterocycles. The average Bonchev–Trinajstić information content (AvgIpc) is 2.29. The molecule has 2 N–H and O–H groups in total. The minimum absolute atomic E-state index is 0.00671. The van der Waals surface area contributed by atoms with Crippen LogP contribution in [0.2, 0.25) is 0 Å². The highest BCUT2D eigenvalue weighted by Gasteiger charge is 2.24. The predicted octanol–water partition coefficient (Wildman–Crippen LogP) is 0.117. The standard InChI is InChI=1S/C12H17N3O2/c1-8-5-11(16)14-7-10(8)12(17)15-4-3-13-6-9(15)2/h5,7,9,13H,3-4,6H2,1-2H3,(H,14,16). The highest BCUT2D eigenvalue weighted by atomic mass is 16.2. The zero-order chi connectivity index (χ0) is 12.4. The van der Waals surface area contributed by atoms with Crippen molar-refractivity contribution in [3.8, 4) is 0 Å². The minimum Gasteiger partial charge on any atom is -0.333 e. The van der Waals surface area contributed by atoms with Crippen molar-refractivity contribution >= 4 is 5.91 Å². The Bertz CT molecular complexity index is 481. The topological polar surface area (TPSA) is 65.2 Å². The lowest BCUT2D eigenvalue weighted by Gasteiger charge is -2.34. The molecule has 1 aliphatic rings. The summed E-state index contributed by atoms with van der Waals surface area (Å²) in [5.74, 6) is -0.00671. The summed E-state index contributed by atoms with van der Waals surface area (Å²) in [6.07, 6.45) is 1.51. The van der Waals surface area contributed by atoms with E-state index >= 15 is 0 Å². The Morgan fingerprint density at radius 1 is 1.53 bits per heavy atom. The third-order valence-electron chi connectivity index (χ3n) is 3.12. The van der Waals surface area contributed by atoms with Crippen molar-refractivity contribution in [1.29, 1.82) is 0 Å². The van der Waals surface area contributed by atoms with Gasteiger partial charge in [-0.2, -0.15) is 0 Å². The maximum atomic E-state index is 12.3. The van der Waals surface area contributed by atoms with Crippen LogP contribution in [-0.4, -0.2) is 41.5 Å². The average molecular weight is 235 g/mol. The number of pyridine rings is 1. The number of aromatic nitrogens is 1. The number of aromatic amines is 1. The third-order valence-corrected chi connectivity index (χ3v) is 3.12. The summed E-state index contributed by atoms with van der Waals surface area (Å²) < 4.78 is 0. The molecule has 92 valence electrons. The van der Waals surface area contributed by atoms with E-state index in [2.05, 4.69) is 10.3 Å². The van der Waals surface area contributed by atoms with Crippen LogP contribution in [0.3, 0.4) is 0 Å². The Hall–Kier alpha value is -1.62. The summed E-state index contributed by atoms with van der Waals surface area (Å²) in [4.78, 5) is 27.8. The molecule has 1 aliphatic heterocycles. The van der Waals surface area contributed by atoms with Gasteiger partial charge in [0.2, 0.25) is 5.56 Å². The number of aryl methyl sites for hydroxylation is 1. The van der Waals surface area contributed by atoms with E-state index in [1.165, 1.54) is 12.3 Å². The van der Waals surface area contributed by atoms with Crippen molar-refractivity contribution in [1.82, 2.24) is 15.2 Å². The van der Waals surface area contributed by atoms with Crippen molar-refractivity contribution < 1.29 is 4.79 Å². The number of piperazine rings is 1. The molecule has 2 rings (SSSR count). The van der Waals surface area contributed by atoms with Gasteiger partial charge in [0, 0.05) is 37.9 Å². The highest BCUT2D eigenvalue weighted by molar-refractivity contribution is 5.95. The molecule has 0 aliphatic carbocycles. The maximum Gasteiger partial charge on any atom is 0.255 e. The van der Waals surface area contributed by atoms with Crippen LogP contribution in [-0.2, 0) is 0 Å². The molecule has 0 radical (unpaired) electrons. The van der Waals surface area contributed by atoms with Crippen molar-refractivity contribution in [2.45, 2.75) is 19.9 Å². The highest BCUT2D eigenvalue weighted by Crippen LogP contribution is 2.11. The number of nitrogens with zero attached hydrogens (tertiary/aromatic N) is 1. The summed E-state index contributed by atoms with van der Waals surface area (Å²) in [6.45, 7) is 6.14. The van der Waals surface area contributed by atoms with E-state index in [9.17, 15) is 9.59 Å². The van der Waals surface area contributed by atoms with Gasteiger partial charge in [-0.25, -0.2) is 0 Å². The SMILES string of the molecule is Cc1cc(=O)[nH]cc1C(=O)N1CCNCC1C. The van der Waals surface area contributed by atoms with E-state index in [4.69, 9.17) is 0 Å². The second-order valence-corrected chi connectivity index (χ2v) is 4.45. The maximum absolute atomic E-state index is 12.3. The monoisotopic (exact) mass is 235 g/mol. The Morgan fingerprint density at radius 2 is 2.29 bits per heavy atom. The van der Waals surface area contributed by atoms with Gasteiger partial charge in [0.05, 0.1) is 5.56 Å². The summed E-state index contributed by atoms with van der Waals surface area (Å²) in [5, 5.41) is 3.24. The van der Waals surface area contributed by atoms with Crippen LogP contribution in [0.5, 0.6) is 0 Å². The van der Waals surface area contributed by atoms with Gasteiger partial charge in [0.1, 0.15) is 0 Å². The molecule has 1 unspecified atom stereocenters. The van der Waals surface area contributed by atoms with Crippen molar-refractivity contribution in [3.63, 3.8) is 0 Å². The van der Waals surface area contributed by atoms with Crippen molar-refractivity contribution in [2.24, 2.45) is 0 Å². The molecule has 0 saturated carbocycles. The predicted molar refractivity (Wildman–Crippen MR) is 65.2 cm³/mol. The van der Waals surface area contributed by atoms with Crippen molar-refractivity contribution in [2.75, 3.05) is 19.6 Å². The Labute approximate surface area is 99.8 Å². The lowest BCUT2D eigenvalue weighted by Crippen LogP contribution is -2.52. The number of hydrogen-bond donors (Lipinski definition) is 2. The Morgan fingerprint density at radius 3 is 2.94 bits per heavy atom. The molecule has 0 spiro atoms. The van der Waals surface area contributed by atoms with E-state index in [0.717, 1.165) is 18.7 Å². The minimum atomic E-state index is -0.174. The van der Waals surface area contributed by atoms with E-state index in [-0.39, 0.29) is 17.5 Å². The molecule has 5 nitrogen and oxygen atoms in total. The number of H-pyrrole nitrogens is 1. The fourth-order valence-electron chi connectivity index (χ4n) is 2.10. The smallest absolute Gasteiger partial charge is 0.255 e. The first-order chi connectivity index (χ1) is 8.09. The number of carbonyl (C=O) groups is 1. The summed E-state index contributed by atoms with van der Waals surface area (Å²) in [7, 11) is 0. The third kappa shape index (κ3) is 2.39. The van der Waals surface area contributed by atoms with Gasteiger partial charge in [-0.3, -0.25) is 9.59 Å². The quantitative estimate of drug-likeness (QED) is 0.726. The first-order valence-corrected chi connectivity index (χ1v) is 5.80. The summed E-state index contributed by atoms with van der Waals surface area (Å²) >= 11 is 0. The van der Waals surface area contributed by atoms with Gasteiger partial charge in [-0.15, -0.1) is 0 Å². The van der Waals surface area contributed by atoms with Crippen LogP contribution in [0.4, 0.5) is 0 Å². The number of rotatable bonds is 1. The molecular formula is C12H17N3O2. The van der Waals surface area contributed by atoms with Gasteiger partial charge in [0.15, 0.2) is 0 Å². The van der Waals surface area contributed by atoms with E-state index in [0.29, 0.717) is 12.1 Å². The molecular weight excluding hydrogens is 218 g/mol. The molecule has 2 heterocycles. The lowest BCUT2D eigenvalue weighted by molar-refractivity contribution is 0.0654. The number of amides is 1. The lowest BCUT2D eigenvalue weighted by atomic mass is 10.1. The molecule has 1 atom stereocenters. The van der Waals surface area contributed by atoms with E-state index in [1.54, 1.807) is 6.92 Å². The van der Waals surface area contributed by atoms with Crippen LogP contribution >= 0.6 is 0 Å². The van der Waals surface area contributed by atoms with Crippen molar-refractivity contribution in [3.05, 3.63) is 33.7 Å². The zero-order valence-electron chi connectivity index (χ0n) is 10.1. The summed E-state index contributed by atoms with van der Waals surface area (Å²) in [6, 6.07) is 1.64. The molecule has 5 heteroatoms. The first kappa shape index (κ1) is 11.9.